The number of aromatic nitrogens is 3. The first-order valence-electron chi connectivity index (χ1n) is 11.7. The van der Waals surface area contributed by atoms with Crippen molar-refractivity contribution in [2.45, 2.75) is 75.5 Å². The maximum atomic E-state index is 13.2. The van der Waals surface area contributed by atoms with E-state index >= 15 is 0 Å². The van der Waals surface area contributed by atoms with E-state index in [1.54, 1.807) is 13.8 Å². The van der Waals surface area contributed by atoms with E-state index < -0.39 is 10.0 Å². The van der Waals surface area contributed by atoms with Crippen molar-refractivity contribution in [2.75, 3.05) is 26.2 Å². The Labute approximate surface area is 193 Å². The molecule has 0 N–H and O–H groups in total. The average molecular weight is 478 g/mol. The van der Waals surface area contributed by atoms with Gasteiger partial charge in [-0.25, -0.2) is 8.42 Å². The van der Waals surface area contributed by atoms with Crippen LogP contribution in [0.5, 0.6) is 0 Å². The number of nitrogens with zero attached hydrogens (tertiary/aromatic N) is 5. The van der Waals surface area contributed by atoms with Gasteiger partial charge in [0.1, 0.15) is 10.6 Å². The summed E-state index contributed by atoms with van der Waals surface area (Å²) in [5, 5.41) is 8.01. The molecule has 1 amide bonds. The van der Waals surface area contributed by atoms with Crippen LogP contribution in [0.1, 0.15) is 74.5 Å². The van der Waals surface area contributed by atoms with E-state index in [2.05, 4.69) is 22.2 Å². The van der Waals surface area contributed by atoms with Crippen LogP contribution in [-0.4, -0.2) is 65.0 Å². The largest absolute Gasteiger partial charge is 0.360 e. The Morgan fingerprint density at radius 3 is 2.24 bits per heavy atom. The Bertz CT molecular complexity index is 1120. The van der Waals surface area contributed by atoms with E-state index in [0.29, 0.717) is 56.4 Å². The second kappa shape index (κ2) is 8.19. The molecule has 0 aromatic carbocycles. The summed E-state index contributed by atoms with van der Waals surface area (Å²) in [6.07, 6.45) is 4.87. The quantitative estimate of drug-likeness (QED) is 0.644. The van der Waals surface area contributed by atoms with Crippen molar-refractivity contribution in [1.29, 1.82) is 0 Å². The van der Waals surface area contributed by atoms with E-state index in [0.717, 1.165) is 37.4 Å². The molecule has 0 bridgehead atoms. The lowest BCUT2D eigenvalue weighted by molar-refractivity contribution is -0.138. The first-order valence-corrected chi connectivity index (χ1v) is 13.2. The zero-order chi connectivity index (χ0) is 23.4. The highest BCUT2D eigenvalue weighted by Crippen LogP contribution is 2.41. The molecule has 0 atom stereocenters. The predicted octanol–water partition coefficient (Wildman–Crippen LogP) is 2.53. The molecule has 4 heterocycles. The molecule has 10 nitrogen and oxygen atoms in total. The van der Waals surface area contributed by atoms with Crippen LogP contribution in [0.15, 0.2) is 13.9 Å². The molecule has 2 aromatic heterocycles. The fraction of sp³-hybridized carbons (Fsp3) is 0.727. The van der Waals surface area contributed by atoms with Crippen LogP contribution in [0.2, 0.25) is 0 Å². The summed E-state index contributed by atoms with van der Waals surface area (Å²) in [4.78, 5) is 19.9. The van der Waals surface area contributed by atoms with Crippen molar-refractivity contribution in [2.24, 2.45) is 5.92 Å². The van der Waals surface area contributed by atoms with Gasteiger partial charge in [0.15, 0.2) is 11.6 Å². The SMILES string of the molecule is Cc1noc(C)c1S(=O)(=O)N1CCC(C(=O)N2CCC(C)(c3noc(C4CC4)n3)CC2)CC1. The van der Waals surface area contributed by atoms with Gasteiger partial charge in [0.05, 0.1) is 0 Å². The average Bonchev–Trinajstić information content (AvgIpc) is 3.42. The number of carbonyl (C=O) groups is 1. The van der Waals surface area contributed by atoms with E-state index in [9.17, 15) is 13.2 Å². The van der Waals surface area contributed by atoms with Gasteiger partial charge < -0.3 is 13.9 Å². The molecular weight excluding hydrogens is 446 g/mol. The summed E-state index contributed by atoms with van der Waals surface area (Å²) in [5.41, 5.74) is 0.187. The van der Waals surface area contributed by atoms with Crippen molar-refractivity contribution in [3.63, 3.8) is 0 Å². The second-order valence-corrected chi connectivity index (χ2v) is 11.8. The van der Waals surface area contributed by atoms with Crippen LogP contribution in [0, 0.1) is 19.8 Å². The van der Waals surface area contributed by atoms with Gasteiger partial charge in [-0.15, -0.1) is 0 Å². The minimum atomic E-state index is -3.67. The highest BCUT2D eigenvalue weighted by atomic mass is 32.2. The zero-order valence-electron chi connectivity index (χ0n) is 19.4. The number of piperidine rings is 2. The molecule has 3 aliphatic rings. The van der Waals surface area contributed by atoms with Crippen LogP contribution in [0.25, 0.3) is 0 Å². The second-order valence-electron chi connectivity index (χ2n) is 9.95. The molecule has 1 aliphatic carbocycles. The Kier molecular flexibility index (Phi) is 5.59. The summed E-state index contributed by atoms with van der Waals surface area (Å²) in [6.45, 7) is 7.33. The summed E-state index contributed by atoms with van der Waals surface area (Å²) in [7, 11) is -3.67. The third kappa shape index (κ3) is 4.09. The number of hydrogen-bond acceptors (Lipinski definition) is 8. The lowest BCUT2D eigenvalue weighted by Gasteiger charge is -2.40. The fourth-order valence-corrected chi connectivity index (χ4v) is 6.75. The highest BCUT2D eigenvalue weighted by Gasteiger charge is 2.41. The van der Waals surface area contributed by atoms with Gasteiger partial charge in [0.2, 0.25) is 21.8 Å². The molecule has 2 saturated heterocycles. The zero-order valence-corrected chi connectivity index (χ0v) is 20.2. The number of sulfonamides is 1. The molecular formula is C22H31N5O5S. The van der Waals surface area contributed by atoms with Gasteiger partial charge in [-0.05, 0) is 52.4 Å². The Morgan fingerprint density at radius 2 is 1.67 bits per heavy atom. The Balaban J connectivity index is 1.17. The monoisotopic (exact) mass is 477 g/mol. The minimum absolute atomic E-state index is 0.123. The minimum Gasteiger partial charge on any atom is -0.360 e. The molecule has 0 spiro atoms. The molecule has 0 radical (unpaired) electrons. The molecule has 1 saturated carbocycles. The molecule has 0 unspecified atom stereocenters. The van der Waals surface area contributed by atoms with Gasteiger partial charge >= 0.3 is 0 Å². The van der Waals surface area contributed by atoms with Gasteiger partial charge in [-0.2, -0.15) is 9.29 Å². The number of amides is 1. The van der Waals surface area contributed by atoms with Crippen LogP contribution in [0.3, 0.4) is 0 Å². The first kappa shape index (κ1) is 22.5. The van der Waals surface area contributed by atoms with E-state index in [1.807, 2.05) is 4.90 Å². The number of rotatable bonds is 5. The normalized spacial score (nSPS) is 22.6. The summed E-state index contributed by atoms with van der Waals surface area (Å²) < 4.78 is 38.0. The lowest BCUT2D eigenvalue weighted by atomic mass is 9.79. The number of carbonyl (C=O) groups excluding carboxylic acids is 1. The molecule has 5 rings (SSSR count). The molecule has 2 aromatic rings. The van der Waals surface area contributed by atoms with Gasteiger partial charge in [0.25, 0.3) is 0 Å². The lowest BCUT2D eigenvalue weighted by Crippen LogP contribution is -2.49. The molecule has 2 aliphatic heterocycles. The molecule has 11 heteroatoms. The summed E-state index contributed by atoms with van der Waals surface area (Å²) in [5.74, 6) is 2.21. The smallest absolute Gasteiger partial charge is 0.248 e. The van der Waals surface area contributed by atoms with Crippen molar-refractivity contribution in [1.82, 2.24) is 24.5 Å². The van der Waals surface area contributed by atoms with E-state index in [1.165, 1.54) is 4.31 Å². The fourth-order valence-electron chi connectivity index (χ4n) is 4.99. The summed E-state index contributed by atoms with van der Waals surface area (Å²) in [6, 6.07) is 0. The van der Waals surface area contributed by atoms with Crippen LogP contribution < -0.4 is 0 Å². The number of hydrogen-bond donors (Lipinski definition) is 0. The van der Waals surface area contributed by atoms with Crippen molar-refractivity contribution in [3.05, 3.63) is 23.2 Å². The Morgan fingerprint density at radius 1 is 1.00 bits per heavy atom. The maximum Gasteiger partial charge on any atom is 0.248 e. The standard InChI is InChI=1S/C22H31N5O5S/c1-14-18(15(2)31-24-14)33(29,30)27-10-6-17(7-11-27)20(28)26-12-8-22(3,9-13-26)21-23-19(32-25-21)16-4-5-16/h16-17H,4-13H2,1-3H3. The van der Waals surface area contributed by atoms with Crippen molar-refractivity contribution >= 4 is 15.9 Å². The van der Waals surface area contributed by atoms with Crippen LogP contribution in [-0.2, 0) is 20.2 Å². The van der Waals surface area contributed by atoms with Crippen molar-refractivity contribution < 1.29 is 22.3 Å². The Hall–Kier alpha value is -2.27. The molecule has 180 valence electrons. The van der Waals surface area contributed by atoms with Crippen LogP contribution in [0.4, 0.5) is 0 Å². The topological polar surface area (TPSA) is 123 Å². The van der Waals surface area contributed by atoms with Gasteiger partial charge in [-0.1, -0.05) is 17.2 Å². The van der Waals surface area contributed by atoms with E-state index in [-0.39, 0.29) is 22.1 Å². The van der Waals surface area contributed by atoms with Gasteiger partial charge in [-0.3, -0.25) is 4.79 Å². The van der Waals surface area contributed by atoms with Crippen molar-refractivity contribution in [3.8, 4) is 0 Å². The maximum absolute atomic E-state index is 13.2. The predicted molar refractivity (Wildman–Crippen MR) is 117 cm³/mol. The third-order valence-corrected chi connectivity index (χ3v) is 9.60. The summed E-state index contributed by atoms with van der Waals surface area (Å²) >= 11 is 0. The van der Waals surface area contributed by atoms with Gasteiger partial charge in [0, 0.05) is 43.4 Å². The molecule has 3 fully saturated rings. The van der Waals surface area contributed by atoms with E-state index in [4.69, 9.17) is 9.05 Å². The number of likely N-dealkylation sites (tertiary alicyclic amines) is 1. The number of aryl methyl sites for hydroxylation is 2. The first-order chi connectivity index (χ1) is 15.7. The molecule has 33 heavy (non-hydrogen) atoms. The highest BCUT2D eigenvalue weighted by molar-refractivity contribution is 7.89. The van der Waals surface area contributed by atoms with Crippen LogP contribution >= 0.6 is 0 Å². The third-order valence-electron chi connectivity index (χ3n) is 7.46.